The van der Waals surface area contributed by atoms with Crippen molar-refractivity contribution >= 4 is 22.4 Å². The van der Waals surface area contributed by atoms with E-state index in [2.05, 4.69) is 16.3 Å². The van der Waals surface area contributed by atoms with Gasteiger partial charge in [0, 0.05) is 12.1 Å². The molecule has 94 valence electrons. The fraction of sp³-hybridized carbons (Fsp3) is 0.583. The monoisotopic (exact) mass is 253 g/mol. The third-order valence-corrected chi connectivity index (χ3v) is 3.57. The van der Waals surface area contributed by atoms with Crippen LogP contribution in [0.1, 0.15) is 30.7 Å². The van der Waals surface area contributed by atoms with Crippen LogP contribution in [0.3, 0.4) is 0 Å². The Morgan fingerprint density at radius 2 is 2.35 bits per heavy atom. The average molecular weight is 253 g/mol. The minimum atomic E-state index is 0.637. The van der Waals surface area contributed by atoms with Crippen LogP contribution in [0.25, 0.3) is 0 Å². The predicted octanol–water partition coefficient (Wildman–Crippen LogP) is 2.61. The van der Waals surface area contributed by atoms with Gasteiger partial charge in [0.25, 0.3) is 0 Å². The van der Waals surface area contributed by atoms with Gasteiger partial charge in [0.1, 0.15) is 10.8 Å². The Balaban J connectivity index is 1.73. The van der Waals surface area contributed by atoms with Crippen molar-refractivity contribution in [1.82, 2.24) is 4.37 Å². The van der Waals surface area contributed by atoms with Crippen LogP contribution in [-0.2, 0) is 4.74 Å². The Morgan fingerprint density at radius 1 is 1.53 bits per heavy atom. The molecule has 17 heavy (non-hydrogen) atoms. The van der Waals surface area contributed by atoms with Gasteiger partial charge in [0.05, 0.1) is 13.2 Å². The minimum absolute atomic E-state index is 0.637. The normalized spacial score (nSPS) is 14.8. The summed E-state index contributed by atoms with van der Waals surface area (Å²) in [5, 5.41) is 4.48. The van der Waals surface area contributed by atoms with E-state index in [-0.39, 0.29) is 0 Å². The molecule has 0 bridgehead atoms. The number of ether oxygens (including phenoxy) is 1. The number of hydrogen-bond acceptors (Lipinski definition) is 5. The highest BCUT2D eigenvalue weighted by Gasteiger charge is 2.30. The third kappa shape index (κ3) is 3.44. The van der Waals surface area contributed by atoms with Crippen LogP contribution in [0, 0.1) is 0 Å². The lowest BCUT2D eigenvalue weighted by molar-refractivity contribution is 0.149. The highest BCUT2D eigenvalue weighted by atomic mass is 32.1. The molecule has 2 rings (SSSR count). The number of hydrogen-bond donors (Lipinski definition) is 2. The zero-order valence-corrected chi connectivity index (χ0v) is 10.8. The number of nitrogens with zero attached hydrogens (tertiary/aromatic N) is 1. The Kier molecular flexibility index (Phi) is 4.39. The van der Waals surface area contributed by atoms with Crippen LogP contribution >= 0.6 is 11.5 Å². The first-order chi connectivity index (χ1) is 8.33. The first-order valence-electron chi connectivity index (χ1n) is 6.00. The van der Waals surface area contributed by atoms with Crippen LogP contribution in [0.5, 0.6) is 0 Å². The molecule has 0 saturated heterocycles. The molecule has 0 unspecified atom stereocenters. The number of aromatic nitrogens is 1. The molecule has 1 heterocycles. The maximum atomic E-state index is 5.87. The number of nitrogen functional groups attached to an aromatic ring is 1. The second-order valence-corrected chi connectivity index (χ2v) is 4.97. The van der Waals surface area contributed by atoms with Crippen LogP contribution in [0.2, 0.25) is 0 Å². The van der Waals surface area contributed by atoms with Crippen molar-refractivity contribution in [3.8, 4) is 0 Å². The lowest BCUT2D eigenvalue weighted by atomic mass is 10.2. The average Bonchev–Trinajstić information content (AvgIpc) is 3.09. The van der Waals surface area contributed by atoms with Crippen molar-refractivity contribution in [2.24, 2.45) is 0 Å². The van der Waals surface area contributed by atoms with E-state index in [0.717, 1.165) is 24.6 Å². The second-order valence-electron chi connectivity index (χ2n) is 4.20. The molecule has 1 aromatic rings. The molecule has 0 atom stereocenters. The highest BCUT2D eigenvalue weighted by molar-refractivity contribution is 7.10. The van der Waals surface area contributed by atoms with E-state index in [4.69, 9.17) is 10.5 Å². The van der Waals surface area contributed by atoms with Crippen molar-refractivity contribution in [2.75, 3.05) is 30.8 Å². The van der Waals surface area contributed by atoms with E-state index in [9.17, 15) is 0 Å². The second kappa shape index (κ2) is 6.02. The number of rotatable bonds is 8. The van der Waals surface area contributed by atoms with Crippen LogP contribution in [0.15, 0.2) is 12.7 Å². The van der Waals surface area contributed by atoms with Gasteiger partial charge in [0.15, 0.2) is 0 Å². The number of nitrogens with two attached hydrogens (primary N) is 1. The van der Waals surface area contributed by atoms with E-state index in [1.165, 1.54) is 29.9 Å². The molecule has 0 aromatic carbocycles. The van der Waals surface area contributed by atoms with Gasteiger partial charge >= 0.3 is 0 Å². The summed E-state index contributed by atoms with van der Waals surface area (Å²) in [6.45, 7) is 5.90. The van der Waals surface area contributed by atoms with Gasteiger partial charge < -0.3 is 15.8 Å². The van der Waals surface area contributed by atoms with Crippen LogP contribution in [0.4, 0.5) is 10.8 Å². The SMILES string of the molecule is C=CCCOCCNc1snc(N)c1C1CC1. The molecule has 4 nitrogen and oxygen atoms in total. The molecule has 1 saturated carbocycles. The maximum Gasteiger partial charge on any atom is 0.142 e. The zero-order chi connectivity index (χ0) is 12.1. The molecule has 0 spiro atoms. The molecule has 0 amide bonds. The molecular formula is C12H19N3OS. The van der Waals surface area contributed by atoms with Gasteiger partial charge in [-0.1, -0.05) is 6.08 Å². The predicted molar refractivity (Wildman–Crippen MR) is 72.6 cm³/mol. The Labute approximate surface area is 106 Å². The quantitative estimate of drug-likeness (QED) is 0.552. The van der Waals surface area contributed by atoms with Crippen molar-refractivity contribution < 1.29 is 4.74 Å². The Hall–Kier alpha value is -1.07. The summed E-state index contributed by atoms with van der Waals surface area (Å²) in [5.74, 6) is 1.34. The van der Waals surface area contributed by atoms with Crippen molar-refractivity contribution in [1.29, 1.82) is 0 Å². The van der Waals surface area contributed by atoms with E-state index in [1.807, 2.05) is 6.08 Å². The van der Waals surface area contributed by atoms with Gasteiger partial charge in [-0.15, -0.1) is 6.58 Å². The number of anilines is 2. The summed E-state index contributed by atoms with van der Waals surface area (Å²) in [6.07, 6.45) is 5.25. The van der Waals surface area contributed by atoms with Crippen LogP contribution in [-0.4, -0.2) is 24.1 Å². The molecule has 5 heteroatoms. The van der Waals surface area contributed by atoms with E-state index in [1.54, 1.807) is 0 Å². The fourth-order valence-corrected chi connectivity index (χ4v) is 2.53. The van der Waals surface area contributed by atoms with Crippen molar-refractivity contribution in [3.63, 3.8) is 0 Å². The molecule has 1 aromatic heterocycles. The van der Waals surface area contributed by atoms with E-state index >= 15 is 0 Å². The lowest BCUT2D eigenvalue weighted by Gasteiger charge is -2.06. The molecule has 1 fully saturated rings. The molecule has 1 aliphatic carbocycles. The van der Waals surface area contributed by atoms with Gasteiger partial charge in [-0.3, -0.25) is 0 Å². The summed E-state index contributed by atoms with van der Waals surface area (Å²) < 4.78 is 9.65. The molecule has 3 N–H and O–H groups in total. The van der Waals surface area contributed by atoms with Gasteiger partial charge in [0.2, 0.25) is 0 Å². The zero-order valence-electron chi connectivity index (χ0n) is 9.95. The first-order valence-corrected chi connectivity index (χ1v) is 6.77. The largest absolute Gasteiger partial charge is 0.383 e. The van der Waals surface area contributed by atoms with Crippen molar-refractivity contribution in [3.05, 3.63) is 18.2 Å². The summed E-state index contributed by atoms with van der Waals surface area (Å²) >= 11 is 1.45. The standard InChI is InChI=1S/C12H19N3OS/c1-2-3-7-16-8-6-14-12-10(9-4-5-9)11(13)15-17-12/h2,9,14H,1,3-8H2,(H2,13,15). The van der Waals surface area contributed by atoms with E-state index < -0.39 is 0 Å². The number of nitrogens with one attached hydrogen (secondary N) is 1. The fourth-order valence-electron chi connectivity index (χ4n) is 1.71. The first kappa shape index (κ1) is 12.4. The topological polar surface area (TPSA) is 60.2 Å². The molecular weight excluding hydrogens is 234 g/mol. The van der Waals surface area contributed by atoms with Gasteiger partial charge in [-0.2, -0.15) is 4.37 Å². The maximum absolute atomic E-state index is 5.87. The lowest BCUT2D eigenvalue weighted by Crippen LogP contribution is -2.10. The minimum Gasteiger partial charge on any atom is -0.383 e. The van der Waals surface area contributed by atoms with E-state index in [0.29, 0.717) is 18.3 Å². The summed E-state index contributed by atoms with van der Waals surface area (Å²) in [6, 6.07) is 0. The summed E-state index contributed by atoms with van der Waals surface area (Å²) in [4.78, 5) is 0. The Bertz CT molecular complexity index is 374. The molecule has 1 aliphatic rings. The Morgan fingerprint density at radius 3 is 3.06 bits per heavy atom. The smallest absolute Gasteiger partial charge is 0.142 e. The van der Waals surface area contributed by atoms with Crippen molar-refractivity contribution in [2.45, 2.75) is 25.2 Å². The molecule has 0 radical (unpaired) electrons. The molecule has 0 aliphatic heterocycles. The third-order valence-electron chi connectivity index (χ3n) is 2.74. The summed E-state index contributed by atoms with van der Waals surface area (Å²) in [5.41, 5.74) is 7.09. The summed E-state index contributed by atoms with van der Waals surface area (Å²) in [7, 11) is 0. The van der Waals surface area contributed by atoms with Crippen LogP contribution < -0.4 is 11.1 Å². The van der Waals surface area contributed by atoms with Gasteiger partial charge in [-0.25, -0.2) is 0 Å². The highest BCUT2D eigenvalue weighted by Crippen LogP contribution is 2.47. The van der Waals surface area contributed by atoms with Gasteiger partial charge in [-0.05, 0) is 36.7 Å².